The van der Waals surface area contributed by atoms with Gasteiger partial charge >= 0.3 is 0 Å². The van der Waals surface area contributed by atoms with E-state index in [0.717, 1.165) is 49.8 Å². The molecule has 7 heteroatoms. The van der Waals surface area contributed by atoms with E-state index in [1.807, 2.05) is 37.3 Å². The Kier molecular flexibility index (Phi) is 5.74. The summed E-state index contributed by atoms with van der Waals surface area (Å²) in [6.07, 6.45) is 8.98. The quantitative estimate of drug-likeness (QED) is 0.667. The average molecular weight is 455 g/mol. The Hall–Kier alpha value is -2.34. The van der Waals surface area contributed by atoms with Gasteiger partial charge in [0.15, 0.2) is 0 Å². The van der Waals surface area contributed by atoms with Crippen molar-refractivity contribution in [3.63, 3.8) is 0 Å². The van der Waals surface area contributed by atoms with Gasteiger partial charge in [-0.2, -0.15) is 5.10 Å². The molecule has 2 aliphatic carbocycles. The SMILES string of the molecule is C[C@@]1(C(=O)NC2CCCCCC2)Cn2nc(C3CC3)cc2C(=O)N1Cc1cccc(Cl)c1. The van der Waals surface area contributed by atoms with E-state index in [-0.39, 0.29) is 17.9 Å². The molecule has 0 saturated heterocycles. The van der Waals surface area contributed by atoms with Gasteiger partial charge in [-0.25, -0.2) is 0 Å². The van der Waals surface area contributed by atoms with Crippen LogP contribution in [0.1, 0.15) is 86.0 Å². The summed E-state index contributed by atoms with van der Waals surface area (Å²) in [5.41, 5.74) is 1.44. The van der Waals surface area contributed by atoms with Crippen LogP contribution < -0.4 is 5.32 Å². The largest absolute Gasteiger partial charge is 0.351 e. The van der Waals surface area contributed by atoms with Crippen molar-refractivity contribution in [2.75, 3.05) is 0 Å². The van der Waals surface area contributed by atoms with Gasteiger partial charge in [-0.15, -0.1) is 0 Å². The molecule has 1 aromatic carbocycles. The number of halogens is 1. The highest BCUT2D eigenvalue weighted by molar-refractivity contribution is 6.30. The number of fused-ring (bicyclic) bond motifs is 1. The highest BCUT2D eigenvalue weighted by Gasteiger charge is 2.48. The maximum Gasteiger partial charge on any atom is 0.273 e. The summed E-state index contributed by atoms with van der Waals surface area (Å²) in [4.78, 5) is 29.1. The number of hydrogen-bond acceptors (Lipinski definition) is 3. The minimum Gasteiger partial charge on any atom is -0.351 e. The molecule has 2 saturated carbocycles. The maximum absolute atomic E-state index is 13.7. The lowest BCUT2D eigenvalue weighted by molar-refractivity contribution is -0.134. The Balaban J connectivity index is 1.47. The summed E-state index contributed by atoms with van der Waals surface area (Å²) in [6, 6.07) is 9.60. The van der Waals surface area contributed by atoms with Crippen molar-refractivity contribution < 1.29 is 9.59 Å². The molecule has 0 bridgehead atoms. The topological polar surface area (TPSA) is 67.2 Å². The second-order valence-electron chi connectivity index (χ2n) is 9.84. The van der Waals surface area contributed by atoms with Gasteiger partial charge in [0.05, 0.1) is 12.2 Å². The van der Waals surface area contributed by atoms with Crippen molar-refractivity contribution in [3.8, 4) is 0 Å². The normalized spacial score (nSPS) is 24.2. The van der Waals surface area contributed by atoms with Crippen molar-refractivity contribution in [2.24, 2.45) is 0 Å². The van der Waals surface area contributed by atoms with E-state index in [1.165, 1.54) is 12.8 Å². The van der Waals surface area contributed by atoms with Crippen LogP contribution in [0.4, 0.5) is 0 Å². The predicted octanol–water partition coefficient (Wildman–Crippen LogP) is 4.67. The van der Waals surface area contributed by atoms with Gasteiger partial charge in [0.25, 0.3) is 5.91 Å². The van der Waals surface area contributed by atoms with Gasteiger partial charge in [-0.05, 0) is 56.4 Å². The monoisotopic (exact) mass is 454 g/mol. The Morgan fingerprint density at radius 2 is 1.91 bits per heavy atom. The summed E-state index contributed by atoms with van der Waals surface area (Å²) >= 11 is 6.21. The van der Waals surface area contributed by atoms with Crippen molar-refractivity contribution in [2.45, 2.75) is 88.9 Å². The summed E-state index contributed by atoms with van der Waals surface area (Å²) in [5.74, 6) is 0.219. The molecular weight excluding hydrogens is 424 g/mol. The number of nitrogens with zero attached hydrogens (tertiary/aromatic N) is 3. The second-order valence-corrected chi connectivity index (χ2v) is 10.3. The van der Waals surface area contributed by atoms with Crippen molar-refractivity contribution in [3.05, 3.63) is 52.3 Å². The predicted molar refractivity (Wildman–Crippen MR) is 124 cm³/mol. The lowest BCUT2D eigenvalue weighted by atomic mass is 9.93. The van der Waals surface area contributed by atoms with E-state index >= 15 is 0 Å². The Morgan fingerprint density at radius 1 is 1.16 bits per heavy atom. The molecule has 2 amide bonds. The van der Waals surface area contributed by atoms with Crippen LogP contribution in [-0.2, 0) is 17.9 Å². The smallest absolute Gasteiger partial charge is 0.273 e. The first kappa shape index (κ1) is 21.5. The highest BCUT2D eigenvalue weighted by Crippen LogP contribution is 2.41. The number of rotatable bonds is 5. The Bertz CT molecular complexity index is 1020. The van der Waals surface area contributed by atoms with E-state index in [1.54, 1.807) is 9.58 Å². The molecule has 1 N–H and O–H groups in total. The molecule has 3 aliphatic rings. The number of amides is 2. The molecule has 5 rings (SSSR count). The van der Waals surface area contributed by atoms with Crippen LogP contribution in [0.3, 0.4) is 0 Å². The van der Waals surface area contributed by atoms with Crippen LogP contribution in [0.2, 0.25) is 5.02 Å². The van der Waals surface area contributed by atoms with Crippen molar-refractivity contribution in [1.29, 1.82) is 0 Å². The summed E-state index contributed by atoms with van der Waals surface area (Å²) in [5, 5.41) is 8.64. The molecule has 6 nitrogen and oxygen atoms in total. The molecular formula is C25H31ClN4O2. The van der Waals surface area contributed by atoms with E-state index in [4.69, 9.17) is 16.7 Å². The van der Waals surface area contributed by atoms with Gasteiger partial charge in [0, 0.05) is 23.5 Å². The lowest BCUT2D eigenvalue weighted by Crippen LogP contribution is -2.64. The fourth-order valence-corrected chi connectivity index (χ4v) is 5.28. The summed E-state index contributed by atoms with van der Waals surface area (Å²) in [7, 11) is 0. The highest BCUT2D eigenvalue weighted by atomic mass is 35.5. The molecule has 0 unspecified atom stereocenters. The van der Waals surface area contributed by atoms with E-state index in [9.17, 15) is 9.59 Å². The first-order valence-electron chi connectivity index (χ1n) is 11.9. The van der Waals surface area contributed by atoms with Crippen LogP contribution in [0.5, 0.6) is 0 Å². The zero-order chi connectivity index (χ0) is 22.3. The number of carbonyl (C=O) groups excluding carboxylic acids is 2. The third-order valence-corrected chi connectivity index (χ3v) is 7.46. The second kappa shape index (κ2) is 8.54. The Labute approximate surface area is 194 Å². The van der Waals surface area contributed by atoms with Gasteiger partial charge in [-0.3, -0.25) is 14.3 Å². The van der Waals surface area contributed by atoms with E-state index in [2.05, 4.69) is 5.32 Å². The minimum atomic E-state index is -1.02. The average Bonchev–Trinajstić information content (AvgIpc) is 3.57. The number of nitrogens with one attached hydrogen (secondary N) is 1. The molecule has 2 fully saturated rings. The molecule has 0 radical (unpaired) electrons. The fraction of sp³-hybridized carbons (Fsp3) is 0.560. The van der Waals surface area contributed by atoms with Crippen molar-refractivity contribution >= 4 is 23.4 Å². The molecule has 1 aromatic heterocycles. The third-order valence-electron chi connectivity index (χ3n) is 7.22. The number of benzene rings is 1. The summed E-state index contributed by atoms with van der Waals surface area (Å²) in [6.45, 7) is 2.57. The Morgan fingerprint density at radius 3 is 2.59 bits per heavy atom. The molecule has 0 spiro atoms. The van der Waals surface area contributed by atoms with Gasteiger partial charge < -0.3 is 10.2 Å². The first-order valence-corrected chi connectivity index (χ1v) is 12.3. The van der Waals surface area contributed by atoms with Gasteiger partial charge in [0.2, 0.25) is 5.91 Å². The maximum atomic E-state index is 13.7. The number of carbonyl (C=O) groups is 2. The molecule has 2 aromatic rings. The van der Waals surface area contributed by atoms with Crippen LogP contribution in [0, 0.1) is 0 Å². The zero-order valence-corrected chi connectivity index (χ0v) is 19.4. The van der Waals surface area contributed by atoms with Crippen molar-refractivity contribution in [1.82, 2.24) is 20.0 Å². The number of hydrogen-bond donors (Lipinski definition) is 1. The number of aromatic nitrogens is 2. The molecule has 2 heterocycles. The van der Waals surface area contributed by atoms with Gasteiger partial charge in [-0.1, -0.05) is 49.4 Å². The summed E-state index contributed by atoms with van der Waals surface area (Å²) < 4.78 is 1.76. The lowest BCUT2D eigenvalue weighted by Gasteiger charge is -2.44. The zero-order valence-electron chi connectivity index (χ0n) is 18.6. The molecule has 32 heavy (non-hydrogen) atoms. The first-order chi connectivity index (χ1) is 15.4. The van der Waals surface area contributed by atoms with E-state index < -0.39 is 5.54 Å². The standard InChI is InChI=1S/C25H31ClN4O2/c1-25(24(32)27-20-9-4-2-3-5-10-20)16-30-22(14-21(28-30)18-11-12-18)23(31)29(25)15-17-7-6-8-19(26)13-17/h6-8,13-14,18,20H,2-5,9-12,15-16H2,1H3,(H,27,32)/t25-/m0/s1. The third kappa shape index (κ3) is 4.17. The molecule has 1 aliphatic heterocycles. The fourth-order valence-electron chi connectivity index (χ4n) is 5.07. The van der Waals surface area contributed by atoms with Crippen LogP contribution in [0.15, 0.2) is 30.3 Å². The van der Waals surface area contributed by atoms with E-state index in [0.29, 0.717) is 29.7 Å². The van der Waals surface area contributed by atoms with Crippen LogP contribution in [0.25, 0.3) is 0 Å². The molecule has 170 valence electrons. The van der Waals surface area contributed by atoms with Crippen LogP contribution in [-0.4, -0.2) is 38.1 Å². The minimum absolute atomic E-state index is 0.0890. The van der Waals surface area contributed by atoms with Gasteiger partial charge in [0.1, 0.15) is 11.2 Å². The van der Waals surface area contributed by atoms with Crippen LogP contribution >= 0.6 is 11.6 Å². The molecule has 1 atom stereocenters.